The SMILES string of the molecule is COc1ccccc1C=C1Oc2c(ccc3c2CN(Cc2cc(OC)c(OC)c(OC)c2)CO3)C1=O. The molecule has 0 saturated carbocycles. The molecule has 2 heterocycles. The molecule has 0 aromatic heterocycles. The minimum Gasteiger partial charge on any atom is -0.496 e. The van der Waals surface area contributed by atoms with E-state index in [4.69, 9.17) is 28.4 Å². The Morgan fingerprint density at radius 1 is 0.917 bits per heavy atom. The van der Waals surface area contributed by atoms with Crippen LogP contribution in [0.4, 0.5) is 0 Å². The van der Waals surface area contributed by atoms with Gasteiger partial charge in [0, 0.05) is 18.7 Å². The van der Waals surface area contributed by atoms with Gasteiger partial charge in [0.15, 0.2) is 17.3 Å². The molecule has 3 aromatic carbocycles. The van der Waals surface area contributed by atoms with Crippen LogP contribution in [0.15, 0.2) is 54.3 Å². The van der Waals surface area contributed by atoms with Crippen molar-refractivity contribution in [1.82, 2.24) is 4.90 Å². The van der Waals surface area contributed by atoms with Crippen molar-refractivity contribution in [3.05, 3.63) is 76.5 Å². The summed E-state index contributed by atoms with van der Waals surface area (Å²) in [5.74, 6) is 3.72. The van der Waals surface area contributed by atoms with Crippen LogP contribution in [0.1, 0.15) is 27.0 Å². The van der Waals surface area contributed by atoms with Gasteiger partial charge in [-0.1, -0.05) is 18.2 Å². The molecular weight excluding hydrogens is 462 g/mol. The Hall–Kier alpha value is -4.17. The maximum Gasteiger partial charge on any atom is 0.231 e. The van der Waals surface area contributed by atoms with E-state index in [0.29, 0.717) is 59.9 Å². The Morgan fingerprint density at radius 3 is 2.33 bits per heavy atom. The van der Waals surface area contributed by atoms with Crippen molar-refractivity contribution in [2.75, 3.05) is 35.2 Å². The van der Waals surface area contributed by atoms with Crippen LogP contribution in [0.5, 0.6) is 34.5 Å². The van der Waals surface area contributed by atoms with Crippen molar-refractivity contribution < 1.29 is 33.2 Å². The summed E-state index contributed by atoms with van der Waals surface area (Å²) in [6, 6.07) is 14.9. The van der Waals surface area contributed by atoms with Gasteiger partial charge >= 0.3 is 0 Å². The minimum absolute atomic E-state index is 0.166. The van der Waals surface area contributed by atoms with Crippen molar-refractivity contribution in [2.45, 2.75) is 13.1 Å². The molecule has 3 aromatic rings. The zero-order valence-corrected chi connectivity index (χ0v) is 20.6. The van der Waals surface area contributed by atoms with Crippen LogP contribution in [-0.4, -0.2) is 45.9 Å². The summed E-state index contributed by atoms with van der Waals surface area (Å²) < 4.78 is 34.0. The van der Waals surface area contributed by atoms with Crippen LogP contribution in [0, 0.1) is 0 Å². The van der Waals surface area contributed by atoms with Gasteiger partial charge in [0.05, 0.1) is 39.6 Å². The van der Waals surface area contributed by atoms with Crippen molar-refractivity contribution in [2.24, 2.45) is 0 Å². The molecule has 5 rings (SSSR count). The number of para-hydroxylation sites is 1. The van der Waals surface area contributed by atoms with E-state index < -0.39 is 0 Å². The van der Waals surface area contributed by atoms with Crippen LogP contribution in [0.3, 0.4) is 0 Å². The molecule has 0 N–H and O–H groups in total. The number of ether oxygens (including phenoxy) is 6. The topological polar surface area (TPSA) is 75.7 Å². The molecular formula is C28H27NO7. The molecule has 0 unspecified atom stereocenters. The number of rotatable bonds is 7. The van der Waals surface area contributed by atoms with E-state index in [9.17, 15) is 4.79 Å². The van der Waals surface area contributed by atoms with Gasteiger partial charge in [-0.3, -0.25) is 9.69 Å². The van der Waals surface area contributed by atoms with Crippen molar-refractivity contribution in [3.8, 4) is 34.5 Å². The number of hydrogen-bond donors (Lipinski definition) is 0. The lowest BCUT2D eigenvalue weighted by Gasteiger charge is -2.30. The van der Waals surface area contributed by atoms with Gasteiger partial charge in [0.1, 0.15) is 24.0 Å². The third kappa shape index (κ3) is 4.20. The van der Waals surface area contributed by atoms with Crippen molar-refractivity contribution >= 4 is 11.9 Å². The quantitative estimate of drug-likeness (QED) is 0.443. The molecule has 36 heavy (non-hydrogen) atoms. The van der Waals surface area contributed by atoms with Gasteiger partial charge in [-0.25, -0.2) is 0 Å². The summed E-state index contributed by atoms with van der Waals surface area (Å²) in [7, 11) is 6.36. The van der Waals surface area contributed by atoms with Crippen LogP contribution in [0.25, 0.3) is 6.08 Å². The van der Waals surface area contributed by atoms with Gasteiger partial charge < -0.3 is 28.4 Å². The predicted octanol–water partition coefficient (Wildman–Crippen LogP) is 4.69. The molecule has 0 amide bonds. The highest BCUT2D eigenvalue weighted by Gasteiger charge is 2.34. The molecule has 8 heteroatoms. The lowest BCUT2D eigenvalue weighted by Crippen LogP contribution is -2.31. The van der Waals surface area contributed by atoms with Crippen LogP contribution in [0.2, 0.25) is 0 Å². The first-order valence-corrected chi connectivity index (χ1v) is 11.4. The van der Waals surface area contributed by atoms with E-state index in [-0.39, 0.29) is 11.5 Å². The summed E-state index contributed by atoms with van der Waals surface area (Å²) in [6.07, 6.45) is 1.71. The van der Waals surface area contributed by atoms with E-state index in [2.05, 4.69) is 4.90 Å². The summed E-state index contributed by atoms with van der Waals surface area (Å²) in [5, 5.41) is 0. The zero-order valence-electron chi connectivity index (χ0n) is 20.6. The van der Waals surface area contributed by atoms with Gasteiger partial charge in [-0.2, -0.15) is 0 Å². The fourth-order valence-electron chi connectivity index (χ4n) is 4.52. The summed E-state index contributed by atoms with van der Waals surface area (Å²) in [6.45, 7) is 1.50. The number of allylic oxidation sites excluding steroid dienone is 1. The number of Topliss-reactive ketones (excluding diaryl/α,β-unsaturated/α-hetero) is 1. The summed E-state index contributed by atoms with van der Waals surface area (Å²) >= 11 is 0. The fourth-order valence-corrected chi connectivity index (χ4v) is 4.52. The monoisotopic (exact) mass is 489 g/mol. The largest absolute Gasteiger partial charge is 0.496 e. The third-order valence-corrected chi connectivity index (χ3v) is 6.24. The second-order valence-electron chi connectivity index (χ2n) is 8.39. The average molecular weight is 490 g/mol. The number of carbonyl (C=O) groups excluding carboxylic acids is 1. The number of ketones is 1. The molecule has 2 aliphatic rings. The van der Waals surface area contributed by atoms with Gasteiger partial charge in [-0.05, 0) is 42.0 Å². The number of nitrogens with zero attached hydrogens (tertiary/aromatic N) is 1. The highest BCUT2D eigenvalue weighted by molar-refractivity contribution is 6.15. The smallest absolute Gasteiger partial charge is 0.231 e. The second kappa shape index (κ2) is 9.83. The highest BCUT2D eigenvalue weighted by Crippen LogP contribution is 2.43. The number of hydrogen-bond acceptors (Lipinski definition) is 8. The number of benzene rings is 3. The Bertz CT molecular complexity index is 1320. The van der Waals surface area contributed by atoms with Gasteiger partial charge in [0.2, 0.25) is 11.5 Å². The van der Waals surface area contributed by atoms with Gasteiger partial charge in [-0.15, -0.1) is 0 Å². The predicted molar refractivity (Wildman–Crippen MR) is 133 cm³/mol. The minimum atomic E-state index is -0.166. The molecule has 0 radical (unpaired) electrons. The average Bonchev–Trinajstić information content (AvgIpc) is 3.23. The van der Waals surface area contributed by atoms with E-state index in [1.807, 2.05) is 42.5 Å². The molecule has 0 atom stereocenters. The van der Waals surface area contributed by atoms with Crippen molar-refractivity contribution in [1.29, 1.82) is 0 Å². The van der Waals surface area contributed by atoms with Crippen LogP contribution in [-0.2, 0) is 13.1 Å². The van der Waals surface area contributed by atoms with Crippen LogP contribution < -0.4 is 28.4 Å². The lowest BCUT2D eigenvalue weighted by molar-refractivity contribution is 0.0871. The molecule has 186 valence electrons. The Kier molecular flexibility index (Phi) is 6.43. The maximum absolute atomic E-state index is 13.1. The number of fused-ring (bicyclic) bond motifs is 3. The van der Waals surface area contributed by atoms with E-state index in [1.54, 1.807) is 40.6 Å². The Balaban J connectivity index is 1.42. The lowest BCUT2D eigenvalue weighted by atomic mass is 10.0. The number of carbonyl (C=O) groups is 1. The molecule has 2 aliphatic heterocycles. The van der Waals surface area contributed by atoms with Crippen LogP contribution >= 0.6 is 0 Å². The molecule has 0 bridgehead atoms. The normalized spacial score (nSPS) is 15.6. The van der Waals surface area contributed by atoms with Gasteiger partial charge in [0.25, 0.3) is 0 Å². The Labute approximate surface area is 209 Å². The first-order valence-electron chi connectivity index (χ1n) is 11.4. The first-order chi connectivity index (χ1) is 17.6. The summed E-state index contributed by atoms with van der Waals surface area (Å²) in [5.41, 5.74) is 3.10. The molecule has 8 nitrogen and oxygen atoms in total. The standard InChI is InChI=1S/C28H27NO7/c1-31-21-8-6-5-7-18(21)13-23-26(30)19-9-10-22-20(27(19)36-23)15-29(16-35-22)14-17-11-24(32-2)28(34-4)25(12-17)33-3/h5-13H,14-16H2,1-4H3. The third-order valence-electron chi connectivity index (χ3n) is 6.24. The fraction of sp³-hybridized carbons (Fsp3) is 0.250. The van der Waals surface area contributed by atoms with E-state index >= 15 is 0 Å². The number of methoxy groups -OCH3 is 4. The molecule has 0 saturated heterocycles. The molecule has 0 fully saturated rings. The molecule has 0 aliphatic carbocycles. The maximum atomic E-state index is 13.1. The van der Waals surface area contributed by atoms with E-state index in [0.717, 1.165) is 16.7 Å². The van der Waals surface area contributed by atoms with Crippen molar-refractivity contribution in [3.63, 3.8) is 0 Å². The first kappa shape index (κ1) is 23.6. The highest BCUT2D eigenvalue weighted by atomic mass is 16.5. The zero-order chi connectivity index (χ0) is 25.2. The van der Waals surface area contributed by atoms with E-state index in [1.165, 1.54) is 0 Å². The second-order valence-corrected chi connectivity index (χ2v) is 8.39. The summed E-state index contributed by atoms with van der Waals surface area (Å²) in [4.78, 5) is 15.2. The molecule has 0 spiro atoms. The Morgan fingerprint density at radius 2 is 1.64 bits per heavy atom.